The summed E-state index contributed by atoms with van der Waals surface area (Å²) in [7, 11) is 2.12. The fourth-order valence-corrected chi connectivity index (χ4v) is 9.29. The molecule has 3 aromatic heterocycles. The van der Waals surface area contributed by atoms with Gasteiger partial charge >= 0.3 is 5.97 Å². The number of aliphatic carboxylic acids is 1. The average Bonchev–Trinajstić information content (AvgIpc) is 3.95. The molecular weight excluding hydrogens is 823 g/mol. The first-order chi connectivity index (χ1) is 29.7. The van der Waals surface area contributed by atoms with E-state index in [2.05, 4.69) is 31.8 Å². The summed E-state index contributed by atoms with van der Waals surface area (Å²) in [5.41, 5.74) is 4.05. The van der Waals surface area contributed by atoms with Gasteiger partial charge in [-0.2, -0.15) is 0 Å². The lowest BCUT2D eigenvalue weighted by Gasteiger charge is -2.34. The molecule has 10 rings (SSSR count). The molecule has 6 aromatic rings. The predicted octanol–water partition coefficient (Wildman–Crippen LogP) is 7.81. The highest BCUT2D eigenvalue weighted by molar-refractivity contribution is 7.22. The third-order valence-corrected chi connectivity index (χ3v) is 12.9. The van der Waals surface area contributed by atoms with Crippen LogP contribution in [0.2, 0.25) is 5.02 Å². The van der Waals surface area contributed by atoms with Crippen LogP contribution in [-0.4, -0.2) is 106 Å². The van der Waals surface area contributed by atoms with Gasteiger partial charge in [-0.1, -0.05) is 29.8 Å². The summed E-state index contributed by atoms with van der Waals surface area (Å²) in [5.74, 6) is 0.522. The van der Waals surface area contributed by atoms with Crippen molar-refractivity contribution in [3.05, 3.63) is 107 Å². The predicted molar refractivity (Wildman–Crippen MR) is 228 cm³/mol. The quantitative estimate of drug-likeness (QED) is 0.159. The van der Waals surface area contributed by atoms with Crippen LogP contribution in [0.1, 0.15) is 41.6 Å². The van der Waals surface area contributed by atoms with E-state index in [0.717, 1.165) is 60.6 Å². The summed E-state index contributed by atoms with van der Waals surface area (Å²) in [5, 5.41) is 11.7. The van der Waals surface area contributed by atoms with Crippen LogP contribution in [0.4, 0.5) is 4.39 Å². The Balaban J connectivity index is 1.14. The number of rotatable bonds is 8. The van der Waals surface area contributed by atoms with Gasteiger partial charge in [-0.25, -0.2) is 29.1 Å². The van der Waals surface area contributed by atoms with E-state index < -0.39 is 18.2 Å². The number of benzene rings is 3. The van der Waals surface area contributed by atoms with Crippen LogP contribution in [0, 0.1) is 12.7 Å². The van der Waals surface area contributed by atoms with Crippen molar-refractivity contribution in [3.63, 3.8) is 0 Å². The smallest absolute Gasteiger partial charge is 0.345 e. The number of piperazine rings is 1. The number of aromatic nitrogens is 4. The number of nitrogens with zero attached hydrogens (tertiary/aromatic N) is 6. The van der Waals surface area contributed by atoms with Crippen LogP contribution in [0.15, 0.2) is 73.2 Å². The van der Waals surface area contributed by atoms with Gasteiger partial charge in [0.2, 0.25) is 12.0 Å². The van der Waals surface area contributed by atoms with Crippen molar-refractivity contribution in [1.29, 1.82) is 0 Å². The molecule has 2 saturated heterocycles. The van der Waals surface area contributed by atoms with E-state index in [-0.39, 0.29) is 37.4 Å². The summed E-state index contributed by atoms with van der Waals surface area (Å²) < 4.78 is 46.1. The highest BCUT2D eigenvalue weighted by Crippen LogP contribution is 2.49. The minimum Gasteiger partial charge on any atom is -0.490 e. The maximum Gasteiger partial charge on any atom is 0.345 e. The van der Waals surface area contributed by atoms with Gasteiger partial charge in [-0.15, -0.1) is 11.3 Å². The Morgan fingerprint density at radius 1 is 1.03 bits per heavy atom. The molecule has 316 valence electrons. The Morgan fingerprint density at radius 3 is 2.66 bits per heavy atom. The molecule has 16 heteroatoms. The summed E-state index contributed by atoms with van der Waals surface area (Å²) >= 11 is 8.58. The van der Waals surface area contributed by atoms with Crippen molar-refractivity contribution >= 4 is 39.1 Å². The zero-order valence-electron chi connectivity index (χ0n) is 33.7. The van der Waals surface area contributed by atoms with E-state index in [9.17, 15) is 14.3 Å². The molecule has 13 nitrogen and oxygen atoms in total. The highest BCUT2D eigenvalue weighted by Gasteiger charge is 2.30. The van der Waals surface area contributed by atoms with Gasteiger partial charge in [0, 0.05) is 68.0 Å². The number of ether oxygens (including phenoxy) is 5. The Bertz CT molecular complexity index is 2550. The minimum absolute atomic E-state index is 0.0712. The van der Waals surface area contributed by atoms with Gasteiger partial charge in [0.1, 0.15) is 59.6 Å². The van der Waals surface area contributed by atoms with Gasteiger partial charge in [-0.05, 0) is 86.0 Å². The Kier molecular flexibility index (Phi) is 12.0. The lowest BCUT2D eigenvalue weighted by molar-refractivity contribution is -0.145. The van der Waals surface area contributed by atoms with Crippen LogP contribution in [-0.2, 0) is 22.6 Å². The van der Waals surface area contributed by atoms with E-state index >= 15 is 0 Å². The second-order valence-corrected chi connectivity index (χ2v) is 16.9. The lowest BCUT2D eigenvalue weighted by Crippen LogP contribution is -2.49. The van der Waals surface area contributed by atoms with Gasteiger partial charge in [0.05, 0.1) is 16.1 Å². The van der Waals surface area contributed by atoms with Crippen LogP contribution in [0.3, 0.4) is 0 Å². The fourth-order valence-electron chi connectivity index (χ4n) is 7.93. The molecule has 0 unspecified atom stereocenters. The molecule has 0 spiro atoms. The van der Waals surface area contributed by atoms with Crippen molar-refractivity contribution in [2.45, 2.75) is 51.1 Å². The van der Waals surface area contributed by atoms with Gasteiger partial charge in [0.15, 0.2) is 5.82 Å². The SMILES string of the molecule is Cc1c2ccc(c1Cl)O[C@H](CN1CCN(C)CC1)COc1ccc(OCc3ccnc([C@@H]4CCCO4)n3)c(c1)C[C@H](C(=O)O)Oc1ncnc3sc(-c4ccc(F)cc4)c-2c13. The molecule has 0 radical (unpaired) electrons. The molecule has 3 aromatic carbocycles. The number of hydrogen-bond acceptors (Lipinski definition) is 13. The Hall–Kier alpha value is -5.45. The first-order valence-corrected chi connectivity index (χ1v) is 21.5. The van der Waals surface area contributed by atoms with Crippen molar-refractivity contribution in [2.24, 2.45) is 0 Å². The molecule has 61 heavy (non-hydrogen) atoms. The highest BCUT2D eigenvalue weighted by atomic mass is 35.5. The van der Waals surface area contributed by atoms with Gasteiger partial charge in [0.25, 0.3) is 0 Å². The number of carbonyl (C=O) groups is 1. The normalized spacial score (nSPS) is 19.8. The number of thiophene rings is 1. The largest absolute Gasteiger partial charge is 0.490 e. The summed E-state index contributed by atoms with van der Waals surface area (Å²) in [6.45, 7) is 7.05. The monoisotopic (exact) mass is 866 g/mol. The summed E-state index contributed by atoms with van der Waals surface area (Å²) in [4.78, 5) is 37.4. The molecule has 4 aliphatic heterocycles. The molecule has 3 atom stereocenters. The minimum atomic E-state index is -1.42. The maximum absolute atomic E-state index is 14.2. The number of likely N-dealkylation sites (N-methyl/N-ethyl adjacent to an activating group) is 1. The fraction of sp³-hybridized carbons (Fsp3) is 0.356. The first kappa shape index (κ1) is 40.9. The molecule has 0 amide bonds. The van der Waals surface area contributed by atoms with Crippen LogP contribution >= 0.6 is 22.9 Å². The molecule has 7 heterocycles. The van der Waals surface area contributed by atoms with Crippen LogP contribution in [0.25, 0.3) is 31.8 Å². The zero-order valence-corrected chi connectivity index (χ0v) is 35.3. The van der Waals surface area contributed by atoms with Gasteiger partial charge in [-0.3, -0.25) is 4.90 Å². The molecular formula is C45H44ClFN6O7S. The van der Waals surface area contributed by atoms with Crippen molar-refractivity contribution in [3.8, 4) is 44.7 Å². The second-order valence-electron chi connectivity index (χ2n) is 15.5. The van der Waals surface area contributed by atoms with E-state index in [1.165, 1.54) is 29.8 Å². The molecule has 2 fully saturated rings. The van der Waals surface area contributed by atoms with Crippen LogP contribution in [0.5, 0.6) is 23.1 Å². The van der Waals surface area contributed by atoms with E-state index in [4.69, 9.17) is 40.3 Å². The summed E-state index contributed by atoms with van der Waals surface area (Å²) in [6, 6.07) is 17.1. The van der Waals surface area contributed by atoms with Crippen LogP contribution < -0.4 is 18.9 Å². The molecule has 0 saturated carbocycles. The lowest BCUT2D eigenvalue weighted by atomic mass is 9.96. The first-order valence-electron chi connectivity index (χ1n) is 20.3. The third-order valence-electron chi connectivity index (χ3n) is 11.3. The average molecular weight is 867 g/mol. The summed E-state index contributed by atoms with van der Waals surface area (Å²) in [6.07, 6.45) is 2.73. The number of carboxylic acid groups (broad SMARTS) is 1. The number of carboxylic acids is 1. The number of hydrogen-bond donors (Lipinski definition) is 1. The van der Waals surface area contributed by atoms with E-state index in [1.807, 2.05) is 19.1 Å². The molecule has 1 N–H and O–H groups in total. The number of fused-ring (bicyclic) bond motifs is 7. The number of halogens is 2. The van der Waals surface area contributed by atoms with Crippen molar-refractivity contribution in [1.82, 2.24) is 29.7 Å². The molecule has 4 aliphatic rings. The third kappa shape index (κ3) is 8.98. The maximum atomic E-state index is 14.2. The molecule has 4 bridgehead atoms. The van der Waals surface area contributed by atoms with Crippen molar-refractivity contribution in [2.75, 3.05) is 53.0 Å². The topological polar surface area (TPSA) is 141 Å². The van der Waals surface area contributed by atoms with E-state index in [0.29, 0.717) is 68.3 Å². The standard InChI is InChI=1S/C45H44ClFN6O7S/c1-26-33-10-12-35(40(26)46)59-32(22-53-17-15-52(2)16-18-53)24-57-31-9-11-34(58-23-30-13-14-48-42(51-30)36-4-3-19-56-36)28(20-31)21-37(45(54)55)60-43-39-38(33)41(61-44(39)50-25-49-43)27-5-7-29(47)8-6-27/h5-14,20,25,32,36-37H,3-4,15-19,21-24H2,1-2H3,(H,54,55)/t32-,36+,37-/m1/s1. The Labute approximate surface area is 361 Å². The Morgan fingerprint density at radius 2 is 1.87 bits per heavy atom. The second kappa shape index (κ2) is 17.9. The van der Waals surface area contributed by atoms with Crippen molar-refractivity contribution < 1.29 is 38.0 Å². The van der Waals surface area contributed by atoms with Gasteiger partial charge < -0.3 is 33.7 Å². The molecule has 0 aliphatic carbocycles. The zero-order chi connectivity index (χ0) is 42.0. The van der Waals surface area contributed by atoms with E-state index in [1.54, 1.807) is 42.6 Å².